The number of carbonyl (C=O) groups excluding carboxylic acids is 3. The molecule has 2 amide bonds. The molecule has 10 nitrogen and oxygen atoms in total. The van der Waals surface area contributed by atoms with E-state index in [0.717, 1.165) is 23.2 Å². The quantitative estimate of drug-likeness (QED) is 0.366. The van der Waals surface area contributed by atoms with Crippen molar-refractivity contribution in [1.29, 1.82) is 0 Å². The predicted molar refractivity (Wildman–Crippen MR) is 188 cm³/mol. The lowest BCUT2D eigenvalue weighted by molar-refractivity contribution is -0.146. The van der Waals surface area contributed by atoms with E-state index in [9.17, 15) is 18.8 Å². The van der Waals surface area contributed by atoms with Crippen LogP contribution in [0.4, 0.5) is 14.9 Å². The van der Waals surface area contributed by atoms with E-state index in [4.69, 9.17) is 14.2 Å². The Morgan fingerprint density at radius 2 is 1.65 bits per heavy atom. The zero-order chi connectivity index (χ0) is 36.1. The second-order valence-electron chi connectivity index (χ2n) is 14.4. The molecule has 0 radical (unpaired) electrons. The largest absolute Gasteiger partial charge is 0.468 e. The highest BCUT2D eigenvalue weighted by Gasteiger charge is 2.48. The third-order valence-electron chi connectivity index (χ3n) is 9.55. The zero-order valence-corrected chi connectivity index (χ0v) is 30.8. The molecule has 3 aliphatic rings. The average molecular weight is 683 g/mol. The molecule has 0 aliphatic carbocycles. The number of carbonyl (C=O) groups is 3. The van der Waals surface area contributed by atoms with Crippen LogP contribution in [-0.2, 0) is 35.6 Å². The fourth-order valence-corrected chi connectivity index (χ4v) is 6.94. The Hall–Kier alpha value is -3.54. The van der Waals surface area contributed by atoms with Crippen molar-refractivity contribution in [3.8, 4) is 0 Å². The second kappa shape index (κ2) is 16.0. The highest BCUT2D eigenvalue weighted by atomic mass is 19.1. The van der Waals surface area contributed by atoms with Crippen LogP contribution in [0.2, 0.25) is 0 Å². The van der Waals surface area contributed by atoms with Crippen LogP contribution in [0.3, 0.4) is 0 Å². The number of ether oxygens (including phenoxy) is 3. The summed E-state index contributed by atoms with van der Waals surface area (Å²) in [5.74, 6) is -0.828. The number of amides is 2. The fourth-order valence-electron chi connectivity index (χ4n) is 6.94. The van der Waals surface area contributed by atoms with Gasteiger partial charge in [-0.25, -0.2) is 9.18 Å². The van der Waals surface area contributed by atoms with E-state index in [1.807, 2.05) is 66.7 Å². The normalized spacial score (nSPS) is 24.5. The van der Waals surface area contributed by atoms with E-state index in [-0.39, 0.29) is 49.0 Å². The monoisotopic (exact) mass is 682 g/mol. The van der Waals surface area contributed by atoms with Crippen LogP contribution in [0.15, 0.2) is 42.5 Å². The van der Waals surface area contributed by atoms with Gasteiger partial charge < -0.3 is 24.0 Å². The molecule has 0 bridgehead atoms. The van der Waals surface area contributed by atoms with Gasteiger partial charge in [-0.2, -0.15) is 0 Å². The number of rotatable bonds is 7. The molecule has 3 unspecified atom stereocenters. The first-order valence-electron chi connectivity index (χ1n) is 17.5. The van der Waals surface area contributed by atoms with E-state index >= 15 is 0 Å². The number of anilines is 1. The van der Waals surface area contributed by atoms with Crippen molar-refractivity contribution in [3.63, 3.8) is 0 Å². The maximum absolute atomic E-state index is 14.3. The molecule has 5 rings (SSSR count). The number of esters is 1. The highest BCUT2D eigenvalue weighted by molar-refractivity contribution is 6.02. The summed E-state index contributed by atoms with van der Waals surface area (Å²) in [5.41, 5.74) is 1.66. The molecule has 4 atom stereocenters. The topological polar surface area (TPSA) is 91.9 Å². The van der Waals surface area contributed by atoms with Gasteiger partial charge in [0.25, 0.3) is 0 Å². The number of morpholine rings is 1. The van der Waals surface area contributed by atoms with Gasteiger partial charge in [-0.1, -0.05) is 38.1 Å². The minimum atomic E-state index is -1.03. The Morgan fingerprint density at radius 3 is 2.29 bits per heavy atom. The highest BCUT2D eigenvalue weighted by Crippen LogP contribution is 2.42. The van der Waals surface area contributed by atoms with E-state index in [1.54, 1.807) is 21.9 Å². The molecule has 3 heterocycles. The Bertz CT molecular complexity index is 1460. The maximum Gasteiger partial charge on any atom is 0.410 e. The third-order valence-corrected chi connectivity index (χ3v) is 9.55. The molecule has 270 valence electrons. The lowest BCUT2D eigenvalue weighted by Gasteiger charge is -2.47. The summed E-state index contributed by atoms with van der Waals surface area (Å²) in [4.78, 5) is 48.8. The lowest BCUT2D eigenvalue weighted by atomic mass is 9.84. The van der Waals surface area contributed by atoms with Gasteiger partial charge in [-0.15, -0.1) is 0 Å². The van der Waals surface area contributed by atoms with E-state index in [0.29, 0.717) is 45.0 Å². The molecule has 0 aromatic heterocycles. The Morgan fingerprint density at radius 1 is 0.980 bits per heavy atom. The molecule has 2 fully saturated rings. The number of piperazine rings is 1. The standard InChI is InChI=1S/C36H49FN4O6.C2H6/c1-24-18-39(29(19-38-14-15-46-22-25(38)2)20-40(24)34(44)47-35(3,4)5)21-32(42)41-23-36(6,33(43)45-7)30-13-10-27(17-31(30)41)16-26-8-11-28(37)12-9-26;1-2/h8-13,17,24-25,29H,14-16,18-23H2,1-7H3;1-2H3/t24?,25?,29-,36?;/m0./s1. The van der Waals surface area contributed by atoms with Crippen LogP contribution in [0.1, 0.15) is 72.1 Å². The Balaban J connectivity index is 0.00000265. The second-order valence-corrected chi connectivity index (χ2v) is 14.4. The zero-order valence-electron chi connectivity index (χ0n) is 30.8. The number of fused-ring (bicyclic) bond motifs is 1. The summed E-state index contributed by atoms with van der Waals surface area (Å²) in [6.07, 6.45) is 0.195. The molecule has 49 heavy (non-hydrogen) atoms. The summed E-state index contributed by atoms with van der Waals surface area (Å²) < 4.78 is 30.2. The summed E-state index contributed by atoms with van der Waals surface area (Å²) in [7, 11) is 1.36. The SMILES string of the molecule is CC.COC(=O)C1(C)CN(C(=O)CN2CC(C)N(C(=O)OC(C)(C)C)C[C@@H]2CN2CCOCC2C)c2cc(Cc3ccc(F)cc3)ccc21. The van der Waals surface area contributed by atoms with Crippen LogP contribution in [0.25, 0.3) is 0 Å². The van der Waals surface area contributed by atoms with Gasteiger partial charge in [0.05, 0.1) is 26.9 Å². The number of halogens is 1. The lowest BCUT2D eigenvalue weighted by Crippen LogP contribution is -2.64. The van der Waals surface area contributed by atoms with Crippen molar-refractivity contribution in [1.82, 2.24) is 14.7 Å². The van der Waals surface area contributed by atoms with Gasteiger partial charge in [-0.05, 0) is 82.9 Å². The van der Waals surface area contributed by atoms with E-state index in [2.05, 4.69) is 16.7 Å². The van der Waals surface area contributed by atoms with Crippen molar-refractivity contribution in [2.24, 2.45) is 0 Å². The number of hydrogen-bond donors (Lipinski definition) is 0. The molecule has 11 heteroatoms. The first kappa shape index (κ1) is 38.3. The van der Waals surface area contributed by atoms with Crippen LogP contribution >= 0.6 is 0 Å². The smallest absolute Gasteiger partial charge is 0.410 e. The predicted octanol–water partition coefficient (Wildman–Crippen LogP) is 5.25. The first-order valence-corrected chi connectivity index (χ1v) is 17.5. The maximum atomic E-state index is 14.3. The molecular formula is C38H55FN4O6. The molecule has 0 spiro atoms. The van der Waals surface area contributed by atoms with Crippen LogP contribution in [-0.4, -0.2) is 116 Å². The molecule has 0 saturated carbocycles. The van der Waals surface area contributed by atoms with Crippen molar-refractivity contribution in [2.45, 2.75) is 91.0 Å². The number of benzene rings is 2. The van der Waals surface area contributed by atoms with E-state index in [1.165, 1.54) is 19.2 Å². The van der Waals surface area contributed by atoms with E-state index < -0.39 is 17.0 Å². The van der Waals surface area contributed by atoms with Crippen molar-refractivity contribution < 1.29 is 33.0 Å². The van der Waals surface area contributed by atoms with Crippen LogP contribution < -0.4 is 4.90 Å². The van der Waals surface area contributed by atoms with Gasteiger partial charge in [-0.3, -0.25) is 19.4 Å². The van der Waals surface area contributed by atoms with Crippen molar-refractivity contribution in [3.05, 3.63) is 65.0 Å². The molecular weight excluding hydrogens is 627 g/mol. The summed E-state index contributed by atoms with van der Waals surface area (Å²) >= 11 is 0. The minimum Gasteiger partial charge on any atom is -0.468 e. The molecule has 2 aromatic rings. The Labute approximate surface area is 291 Å². The van der Waals surface area contributed by atoms with Gasteiger partial charge in [0.15, 0.2) is 0 Å². The van der Waals surface area contributed by atoms with Crippen LogP contribution in [0, 0.1) is 5.82 Å². The van der Waals surface area contributed by atoms with Crippen LogP contribution in [0.5, 0.6) is 0 Å². The van der Waals surface area contributed by atoms with Gasteiger partial charge in [0.1, 0.15) is 16.8 Å². The summed E-state index contributed by atoms with van der Waals surface area (Å²) in [6, 6.07) is 12.1. The minimum absolute atomic E-state index is 0.120. The first-order chi connectivity index (χ1) is 23.2. The number of nitrogens with zero attached hydrogens (tertiary/aromatic N) is 4. The molecule has 2 aromatic carbocycles. The van der Waals surface area contributed by atoms with Gasteiger partial charge in [0.2, 0.25) is 5.91 Å². The molecule has 3 aliphatic heterocycles. The Kier molecular flexibility index (Phi) is 12.5. The van der Waals surface area contributed by atoms with Crippen molar-refractivity contribution >= 4 is 23.7 Å². The molecule has 2 saturated heterocycles. The summed E-state index contributed by atoms with van der Waals surface area (Å²) in [5, 5.41) is 0. The third kappa shape index (κ3) is 8.98. The summed E-state index contributed by atoms with van der Waals surface area (Å²) in [6.45, 7) is 19.4. The number of hydrogen-bond acceptors (Lipinski definition) is 8. The van der Waals surface area contributed by atoms with Crippen molar-refractivity contribution in [2.75, 3.05) is 64.5 Å². The average Bonchev–Trinajstić information content (AvgIpc) is 3.36. The number of methoxy groups -OCH3 is 1. The van der Waals surface area contributed by atoms with Gasteiger partial charge >= 0.3 is 12.1 Å². The molecule has 0 N–H and O–H groups in total. The van der Waals surface area contributed by atoms with Gasteiger partial charge in [0, 0.05) is 56.5 Å². The fraction of sp³-hybridized carbons (Fsp3) is 0.605.